The molecule has 0 aliphatic heterocycles. The van der Waals surface area contributed by atoms with Crippen molar-refractivity contribution < 1.29 is 18.7 Å². The van der Waals surface area contributed by atoms with Gasteiger partial charge in [-0.25, -0.2) is 0 Å². The second kappa shape index (κ2) is 5.43. The predicted molar refractivity (Wildman–Crippen MR) is 69.2 cm³/mol. The molecule has 0 spiro atoms. The largest absolute Gasteiger partial charge is 0.378 e. The van der Waals surface area contributed by atoms with Crippen LogP contribution in [0.5, 0.6) is 0 Å². The van der Waals surface area contributed by atoms with Crippen LogP contribution in [-0.4, -0.2) is 23.0 Å². The van der Waals surface area contributed by atoms with Crippen molar-refractivity contribution in [1.29, 1.82) is 0 Å². The van der Waals surface area contributed by atoms with E-state index >= 15 is 0 Å². The molecule has 19 heavy (non-hydrogen) atoms. The zero-order chi connectivity index (χ0) is 14.8. The van der Waals surface area contributed by atoms with E-state index in [4.69, 9.17) is 11.6 Å². The number of hydrogen-bond acceptors (Lipinski definition) is 2. The van der Waals surface area contributed by atoms with Crippen LogP contribution in [0.2, 0.25) is 5.02 Å². The van der Waals surface area contributed by atoms with Crippen LogP contribution in [0.4, 0.5) is 8.78 Å². The first-order valence-corrected chi connectivity index (χ1v) is 6.14. The lowest BCUT2D eigenvalue weighted by molar-refractivity contribution is -0.191. The smallest absolute Gasteiger partial charge is 0.356 e. The topological polar surface area (TPSA) is 49.3 Å². The van der Waals surface area contributed by atoms with E-state index in [1.54, 1.807) is 19.9 Å². The van der Waals surface area contributed by atoms with Crippen molar-refractivity contribution in [3.05, 3.63) is 34.9 Å². The molecule has 6 heteroatoms. The van der Waals surface area contributed by atoms with Gasteiger partial charge in [0.15, 0.2) is 5.60 Å². The molecule has 0 aliphatic rings. The van der Waals surface area contributed by atoms with E-state index in [9.17, 15) is 18.7 Å². The quantitative estimate of drug-likeness (QED) is 0.896. The third kappa shape index (κ3) is 3.04. The van der Waals surface area contributed by atoms with Crippen molar-refractivity contribution in [3.63, 3.8) is 0 Å². The van der Waals surface area contributed by atoms with Gasteiger partial charge in [-0.15, -0.1) is 0 Å². The molecule has 0 radical (unpaired) electrons. The van der Waals surface area contributed by atoms with E-state index in [-0.39, 0.29) is 10.6 Å². The van der Waals surface area contributed by atoms with Crippen molar-refractivity contribution in [2.24, 2.45) is 0 Å². The SMILES string of the molecule is CC(C)NC(=O)C(F)(F)C(C)(O)c1ccccc1Cl. The predicted octanol–water partition coefficient (Wildman–Crippen LogP) is 2.71. The van der Waals surface area contributed by atoms with E-state index in [1.165, 1.54) is 18.2 Å². The van der Waals surface area contributed by atoms with Crippen LogP contribution in [0.15, 0.2) is 24.3 Å². The van der Waals surface area contributed by atoms with Gasteiger partial charge >= 0.3 is 5.92 Å². The Morgan fingerprint density at radius 1 is 1.37 bits per heavy atom. The number of aliphatic hydroxyl groups is 1. The average molecular weight is 292 g/mol. The van der Waals surface area contributed by atoms with Crippen molar-refractivity contribution in [3.8, 4) is 0 Å². The summed E-state index contributed by atoms with van der Waals surface area (Å²) in [6, 6.07) is 5.20. The summed E-state index contributed by atoms with van der Waals surface area (Å²) < 4.78 is 28.2. The monoisotopic (exact) mass is 291 g/mol. The highest BCUT2D eigenvalue weighted by atomic mass is 35.5. The summed E-state index contributed by atoms with van der Waals surface area (Å²) >= 11 is 5.80. The molecule has 1 aromatic carbocycles. The van der Waals surface area contributed by atoms with Crippen molar-refractivity contribution in [1.82, 2.24) is 5.32 Å². The highest BCUT2D eigenvalue weighted by molar-refractivity contribution is 6.31. The summed E-state index contributed by atoms with van der Waals surface area (Å²) in [4.78, 5) is 11.5. The maximum absolute atomic E-state index is 14.1. The molecule has 0 fully saturated rings. The van der Waals surface area contributed by atoms with E-state index < -0.39 is 23.5 Å². The van der Waals surface area contributed by atoms with Gasteiger partial charge in [0.2, 0.25) is 0 Å². The van der Waals surface area contributed by atoms with Gasteiger partial charge in [0.1, 0.15) is 0 Å². The molecule has 3 nitrogen and oxygen atoms in total. The zero-order valence-electron chi connectivity index (χ0n) is 10.9. The number of hydrogen-bond donors (Lipinski definition) is 2. The lowest BCUT2D eigenvalue weighted by Gasteiger charge is -2.32. The molecule has 2 N–H and O–H groups in total. The van der Waals surface area contributed by atoms with Gasteiger partial charge in [0, 0.05) is 16.6 Å². The van der Waals surface area contributed by atoms with E-state index in [0.717, 1.165) is 6.92 Å². The lowest BCUT2D eigenvalue weighted by atomic mass is 9.88. The summed E-state index contributed by atoms with van der Waals surface area (Å²) in [5.74, 6) is -5.53. The van der Waals surface area contributed by atoms with Gasteiger partial charge in [0.25, 0.3) is 5.91 Å². The van der Waals surface area contributed by atoms with E-state index in [1.807, 2.05) is 0 Å². The third-order valence-corrected chi connectivity index (χ3v) is 3.04. The van der Waals surface area contributed by atoms with Crippen molar-refractivity contribution in [2.45, 2.75) is 38.3 Å². The van der Waals surface area contributed by atoms with Gasteiger partial charge in [-0.1, -0.05) is 29.8 Å². The third-order valence-electron chi connectivity index (χ3n) is 2.71. The molecule has 0 bridgehead atoms. The molecule has 1 rings (SSSR count). The molecule has 1 atom stereocenters. The number of rotatable bonds is 4. The van der Waals surface area contributed by atoms with Crippen LogP contribution in [0.25, 0.3) is 0 Å². The molecule has 0 aliphatic carbocycles. The van der Waals surface area contributed by atoms with Crippen LogP contribution >= 0.6 is 11.6 Å². The number of benzene rings is 1. The molecule has 1 aromatic rings. The highest BCUT2D eigenvalue weighted by Crippen LogP contribution is 2.40. The molecular formula is C13H16ClF2NO2. The molecule has 0 heterocycles. The summed E-state index contributed by atoms with van der Waals surface area (Å²) in [6.07, 6.45) is 0. The minimum Gasteiger partial charge on any atom is -0.378 e. The Hall–Kier alpha value is -1.20. The van der Waals surface area contributed by atoms with Crippen LogP contribution in [0.3, 0.4) is 0 Å². The minimum atomic E-state index is -4.00. The number of carbonyl (C=O) groups excluding carboxylic acids is 1. The lowest BCUT2D eigenvalue weighted by Crippen LogP contribution is -2.55. The Morgan fingerprint density at radius 3 is 2.37 bits per heavy atom. The fourth-order valence-corrected chi connectivity index (χ4v) is 1.92. The molecule has 1 unspecified atom stereocenters. The van der Waals surface area contributed by atoms with Crippen LogP contribution in [0, 0.1) is 0 Å². The van der Waals surface area contributed by atoms with E-state index in [0.29, 0.717) is 0 Å². The standard InChI is InChI=1S/C13H16ClF2NO2/c1-8(2)17-11(18)13(15,16)12(3,19)9-6-4-5-7-10(9)14/h4-8,19H,1-3H3,(H,17,18). The first-order chi connectivity index (χ1) is 8.60. The molecule has 0 saturated heterocycles. The second-order valence-corrected chi connectivity index (χ2v) is 5.16. The molecule has 106 valence electrons. The number of nitrogens with one attached hydrogen (secondary N) is 1. The number of alkyl halides is 2. The van der Waals surface area contributed by atoms with Crippen LogP contribution < -0.4 is 5.32 Å². The van der Waals surface area contributed by atoms with Crippen LogP contribution in [-0.2, 0) is 10.4 Å². The highest BCUT2D eigenvalue weighted by Gasteiger charge is 2.57. The summed E-state index contributed by atoms with van der Waals surface area (Å²) in [7, 11) is 0. The Kier molecular flexibility index (Phi) is 4.53. The summed E-state index contributed by atoms with van der Waals surface area (Å²) in [5.41, 5.74) is -2.88. The second-order valence-electron chi connectivity index (χ2n) is 4.75. The molecular weight excluding hydrogens is 276 g/mol. The number of halogens is 3. The van der Waals surface area contributed by atoms with Gasteiger partial charge in [0.05, 0.1) is 0 Å². The Bertz CT molecular complexity index is 475. The van der Waals surface area contributed by atoms with Gasteiger partial charge < -0.3 is 10.4 Å². The van der Waals surface area contributed by atoms with Gasteiger partial charge in [-0.05, 0) is 26.8 Å². The van der Waals surface area contributed by atoms with Gasteiger partial charge in [-0.3, -0.25) is 4.79 Å². The Morgan fingerprint density at radius 2 is 1.89 bits per heavy atom. The molecule has 0 saturated carbocycles. The molecule has 0 aromatic heterocycles. The number of carbonyl (C=O) groups is 1. The number of amides is 1. The van der Waals surface area contributed by atoms with Crippen LogP contribution in [0.1, 0.15) is 26.3 Å². The normalized spacial score (nSPS) is 15.2. The fraction of sp³-hybridized carbons (Fsp3) is 0.462. The first-order valence-electron chi connectivity index (χ1n) is 5.77. The van der Waals surface area contributed by atoms with Crippen molar-refractivity contribution >= 4 is 17.5 Å². The summed E-state index contributed by atoms with van der Waals surface area (Å²) in [5, 5.41) is 12.1. The minimum absolute atomic E-state index is 0.0236. The average Bonchev–Trinajstić information content (AvgIpc) is 2.28. The maximum Gasteiger partial charge on any atom is 0.356 e. The zero-order valence-corrected chi connectivity index (χ0v) is 11.6. The summed E-state index contributed by atoms with van der Waals surface area (Å²) in [6.45, 7) is 3.98. The Labute approximate surface area is 115 Å². The Balaban J connectivity index is 3.18. The van der Waals surface area contributed by atoms with Gasteiger partial charge in [-0.2, -0.15) is 8.78 Å². The maximum atomic E-state index is 14.1. The molecule has 1 amide bonds. The first kappa shape index (κ1) is 15.9. The van der Waals surface area contributed by atoms with Crippen molar-refractivity contribution in [2.75, 3.05) is 0 Å². The fourth-order valence-electron chi connectivity index (χ4n) is 1.60. The van der Waals surface area contributed by atoms with E-state index in [2.05, 4.69) is 5.32 Å².